The molecule has 4 nitrogen and oxygen atoms in total. The topological polar surface area (TPSA) is 47.3 Å². The second kappa shape index (κ2) is 5.25. The van der Waals surface area contributed by atoms with Gasteiger partial charge >= 0.3 is 0 Å². The largest absolute Gasteiger partial charge is 0.389 e. The lowest BCUT2D eigenvalue weighted by Gasteiger charge is -2.43. The Hall–Kier alpha value is -0.870. The number of aromatic nitrogens is 2. The van der Waals surface area contributed by atoms with Gasteiger partial charge in [0.15, 0.2) is 0 Å². The van der Waals surface area contributed by atoms with Crippen LogP contribution in [0.15, 0.2) is 6.07 Å². The van der Waals surface area contributed by atoms with Crippen molar-refractivity contribution in [3.63, 3.8) is 0 Å². The Kier molecular flexibility index (Phi) is 4.02. The van der Waals surface area contributed by atoms with Gasteiger partial charge in [-0.05, 0) is 32.3 Å². The summed E-state index contributed by atoms with van der Waals surface area (Å²) >= 11 is 0. The van der Waals surface area contributed by atoms with Gasteiger partial charge in [-0.25, -0.2) is 0 Å². The smallest absolute Gasteiger partial charge is 0.0752 e. The molecule has 2 rings (SSSR count). The van der Waals surface area contributed by atoms with E-state index in [0.29, 0.717) is 25.9 Å². The number of aliphatic hydroxyl groups is 1. The van der Waals surface area contributed by atoms with Crippen LogP contribution in [-0.4, -0.2) is 32.7 Å². The van der Waals surface area contributed by atoms with Crippen molar-refractivity contribution in [3.05, 3.63) is 17.5 Å². The highest BCUT2D eigenvalue weighted by Crippen LogP contribution is 2.36. The Morgan fingerprint density at radius 3 is 2.79 bits per heavy atom. The molecule has 1 aromatic heterocycles. The maximum absolute atomic E-state index is 10.9. The number of nitrogens with zero attached hydrogens (tertiary/aromatic N) is 2. The number of ether oxygens (including phenoxy) is 1. The first-order chi connectivity index (χ1) is 8.90. The van der Waals surface area contributed by atoms with E-state index in [-0.39, 0.29) is 5.60 Å². The van der Waals surface area contributed by atoms with Gasteiger partial charge < -0.3 is 9.84 Å². The van der Waals surface area contributed by atoms with Gasteiger partial charge in [-0.3, -0.25) is 4.68 Å². The lowest BCUT2D eigenvalue weighted by molar-refractivity contribution is -0.153. The Morgan fingerprint density at radius 1 is 1.47 bits per heavy atom. The van der Waals surface area contributed by atoms with Crippen LogP contribution < -0.4 is 0 Å². The highest BCUT2D eigenvalue weighted by molar-refractivity contribution is 5.13. The number of hydrogen-bond donors (Lipinski definition) is 1. The van der Waals surface area contributed by atoms with Crippen molar-refractivity contribution in [3.8, 4) is 0 Å². The molecule has 0 aromatic carbocycles. The summed E-state index contributed by atoms with van der Waals surface area (Å²) in [6, 6.07) is 2.11. The molecule has 1 aliphatic rings. The molecule has 1 fully saturated rings. The molecule has 0 radical (unpaired) electrons. The standard InChI is InChI=1S/C15H26N2O2/c1-5-12-9-13(17(4)16-12)10-15(18)7-8-19-14(3,6-2)11-15/h9,18H,5-8,10-11H2,1-4H3. The summed E-state index contributed by atoms with van der Waals surface area (Å²) in [5, 5.41) is 15.3. The van der Waals surface area contributed by atoms with Gasteiger partial charge in [-0.15, -0.1) is 0 Å². The summed E-state index contributed by atoms with van der Waals surface area (Å²) in [5.41, 5.74) is 1.34. The highest BCUT2D eigenvalue weighted by Gasteiger charge is 2.41. The van der Waals surface area contributed by atoms with Gasteiger partial charge in [-0.2, -0.15) is 5.10 Å². The lowest BCUT2D eigenvalue weighted by Crippen LogP contribution is -2.48. The van der Waals surface area contributed by atoms with Gasteiger partial charge in [0.25, 0.3) is 0 Å². The molecule has 108 valence electrons. The van der Waals surface area contributed by atoms with Crippen LogP contribution in [0, 0.1) is 0 Å². The maximum Gasteiger partial charge on any atom is 0.0752 e. The predicted molar refractivity (Wildman–Crippen MR) is 75.1 cm³/mol. The second-order valence-corrected chi connectivity index (χ2v) is 6.08. The number of hydrogen-bond acceptors (Lipinski definition) is 3. The van der Waals surface area contributed by atoms with E-state index in [0.717, 1.165) is 24.2 Å². The van der Waals surface area contributed by atoms with Crippen molar-refractivity contribution in [1.82, 2.24) is 9.78 Å². The van der Waals surface area contributed by atoms with Gasteiger partial charge in [-0.1, -0.05) is 13.8 Å². The van der Waals surface area contributed by atoms with E-state index in [2.05, 4.69) is 31.9 Å². The quantitative estimate of drug-likeness (QED) is 0.909. The molecule has 0 bridgehead atoms. The fourth-order valence-electron chi connectivity index (χ4n) is 2.95. The van der Waals surface area contributed by atoms with Crippen LogP contribution in [-0.2, 0) is 24.6 Å². The van der Waals surface area contributed by atoms with E-state index >= 15 is 0 Å². The average molecular weight is 266 g/mol. The minimum absolute atomic E-state index is 0.195. The molecule has 1 saturated heterocycles. The van der Waals surface area contributed by atoms with Gasteiger partial charge in [0.2, 0.25) is 0 Å². The fourth-order valence-corrected chi connectivity index (χ4v) is 2.95. The molecule has 0 aliphatic carbocycles. The second-order valence-electron chi connectivity index (χ2n) is 6.08. The fraction of sp³-hybridized carbons (Fsp3) is 0.800. The normalized spacial score (nSPS) is 31.6. The highest BCUT2D eigenvalue weighted by atomic mass is 16.5. The third-order valence-corrected chi connectivity index (χ3v) is 4.37. The Balaban J connectivity index is 2.14. The molecule has 0 spiro atoms. The van der Waals surface area contributed by atoms with E-state index in [1.54, 1.807) is 0 Å². The van der Waals surface area contributed by atoms with Gasteiger partial charge in [0.05, 0.1) is 23.5 Å². The van der Waals surface area contributed by atoms with Crippen LogP contribution >= 0.6 is 0 Å². The zero-order chi connectivity index (χ0) is 14.1. The summed E-state index contributed by atoms with van der Waals surface area (Å²) < 4.78 is 7.72. The minimum atomic E-state index is -0.665. The van der Waals surface area contributed by atoms with Crippen LogP contribution in [0.1, 0.15) is 51.4 Å². The molecule has 1 aromatic rings. The lowest BCUT2D eigenvalue weighted by atomic mass is 9.79. The third kappa shape index (κ3) is 3.18. The molecule has 0 amide bonds. The first-order valence-electron chi connectivity index (χ1n) is 7.28. The summed E-state index contributed by atoms with van der Waals surface area (Å²) in [4.78, 5) is 0. The summed E-state index contributed by atoms with van der Waals surface area (Å²) in [5.74, 6) is 0. The molecule has 19 heavy (non-hydrogen) atoms. The maximum atomic E-state index is 10.9. The van der Waals surface area contributed by atoms with Crippen LogP contribution in [0.3, 0.4) is 0 Å². The molecule has 4 heteroatoms. The van der Waals surface area contributed by atoms with E-state index in [1.165, 1.54) is 0 Å². The van der Waals surface area contributed by atoms with Crippen LogP contribution in [0.25, 0.3) is 0 Å². The van der Waals surface area contributed by atoms with Crippen molar-refractivity contribution < 1.29 is 9.84 Å². The molecular weight excluding hydrogens is 240 g/mol. The number of aryl methyl sites for hydroxylation is 2. The van der Waals surface area contributed by atoms with Crippen molar-refractivity contribution in [2.45, 2.75) is 64.1 Å². The molecular formula is C15H26N2O2. The SMILES string of the molecule is CCc1cc(CC2(O)CCOC(C)(CC)C2)n(C)n1. The first-order valence-corrected chi connectivity index (χ1v) is 7.28. The van der Waals surface area contributed by atoms with Gasteiger partial charge in [0.1, 0.15) is 0 Å². The zero-order valence-electron chi connectivity index (χ0n) is 12.6. The number of rotatable bonds is 4. The molecule has 2 atom stereocenters. The third-order valence-electron chi connectivity index (χ3n) is 4.37. The summed E-state index contributed by atoms with van der Waals surface area (Å²) in [6.45, 7) is 6.95. The minimum Gasteiger partial charge on any atom is -0.389 e. The van der Waals surface area contributed by atoms with E-state index in [4.69, 9.17) is 4.74 Å². The van der Waals surface area contributed by atoms with Crippen molar-refractivity contribution >= 4 is 0 Å². The van der Waals surface area contributed by atoms with E-state index < -0.39 is 5.60 Å². The molecule has 2 unspecified atom stereocenters. The van der Waals surface area contributed by atoms with Crippen molar-refractivity contribution in [1.29, 1.82) is 0 Å². The Bertz CT molecular complexity index is 443. The van der Waals surface area contributed by atoms with Crippen LogP contribution in [0.5, 0.6) is 0 Å². The Morgan fingerprint density at radius 2 is 2.21 bits per heavy atom. The molecule has 1 N–H and O–H groups in total. The monoisotopic (exact) mass is 266 g/mol. The molecule has 2 heterocycles. The first kappa shape index (κ1) is 14.5. The van der Waals surface area contributed by atoms with Crippen molar-refractivity contribution in [2.75, 3.05) is 6.61 Å². The van der Waals surface area contributed by atoms with Crippen LogP contribution in [0.4, 0.5) is 0 Å². The molecule has 1 aliphatic heterocycles. The summed E-state index contributed by atoms with van der Waals surface area (Å²) in [6.07, 6.45) is 3.93. The summed E-state index contributed by atoms with van der Waals surface area (Å²) in [7, 11) is 1.95. The molecule has 0 saturated carbocycles. The predicted octanol–water partition coefficient (Wildman–Crippen LogP) is 2.24. The Labute approximate surface area is 115 Å². The van der Waals surface area contributed by atoms with E-state index in [1.807, 2.05) is 11.7 Å². The van der Waals surface area contributed by atoms with Crippen molar-refractivity contribution in [2.24, 2.45) is 7.05 Å². The van der Waals surface area contributed by atoms with Crippen LogP contribution in [0.2, 0.25) is 0 Å². The van der Waals surface area contributed by atoms with E-state index in [9.17, 15) is 5.11 Å². The average Bonchev–Trinajstić information content (AvgIpc) is 2.69. The zero-order valence-corrected chi connectivity index (χ0v) is 12.6. The van der Waals surface area contributed by atoms with Gasteiger partial charge in [0, 0.05) is 25.6 Å².